The van der Waals surface area contributed by atoms with E-state index in [4.69, 9.17) is 0 Å². The zero-order chi connectivity index (χ0) is 23.8. The Balaban J connectivity index is 1.55. The molecule has 2 heterocycles. The molecule has 3 N–H and O–H groups in total. The first kappa shape index (κ1) is 22.2. The highest BCUT2D eigenvalue weighted by Crippen LogP contribution is 2.31. The Hall–Kier alpha value is -3.96. The highest BCUT2D eigenvalue weighted by molar-refractivity contribution is 6.02. The Morgan fingerprint density at radius 1 is 1.00 bits per heavy atom. The highest BCUT2D eigenvalue weighted by atomic mass is 19.4. The van der Waals surface area contributed by atoms with E-state index in [2.05, 4.69) is 15.4 Å². The Morgan fingerprint density at radius 2 is 1.73 bits per heavy atom. The number of fused-ring (bicyclic) bond motifs is 1. The number of nitrogens with one attached hydrogen (secondary N) is 3. The summed E-state index contributed by atoms with van der Waals surface area (Å²) < 4.78 is 76.5. The number of amides is 2. The zero-order valence-corrected chi connectivity index (χ0v) is 16.6. The second-order valence-electron chi connectivity index (χ2n) is 7.10. The number of rotatable bonds is 4. The lowest BCUT2D eigenvalue weighted by Crippen LogP contribution is -2.36. The molecule has 2 aromatic carbocycles. The number of anilines is 1. The van der Waals surface area contributed by atoms with Crippen molar-refractivity contribution < 1.29 is 31.1 Å². The van der Waals surface area contributed by atoms with Crippen LogP contribution in [-0.4, -0.2) is 33.5 Å². The van der Waals surface area contributed by atoms with Crippen LogP contribution in [-0.2, 0) is 6.18 Å². The maximum Gasteiger partial charge on any atom is 0.416 e. The van der Waals surface area contributed by atoms with Gasteiger partial charge in [0.05, 0.1) is 23.1 Å². The minimum atomic E-state index is -4.53. The number of carbonyl (C=O) groups is 1. The van der Waals surface area contributed by atoms with Crippen LogP contribution in [0.1, 0.15) is 5.56 Å². The first-order valence-corrected chi connectivity index (χ1v) is 9.45. The van der Waals surface area contributed by atoms with Gasteiger partial charge < -0.3 is 15.6 Å². The molecule has 0 unspecified atom stereocenters. The molecule has 0 saturated carbocycles. The number of hydrogen-bond donors (Lipinski definition) is 3. The molecule has 0 aliphatic rings. The maximum atomic E-state index is 12.8. The number of nitrogens with zero attached hydrogens (tertiary/aromatic N) is 2. The molecule has 0 saturated heterocycles. The number of alkyl halides is 6. The van der Waals surface area contributed by atoms with E-state index in [0.29, 0.717) is 27.7 Å². The van der Waals surface area contributed by atoms with Crippen LogP contribution >= 0.6 is 0 Å². The largest absolute Gasteiger partial charge is 0.416 e. The maximum absolute atomic E-state index is 12.8. The molecular weight excluding hydrogens is 452 g/mol. The molecule has 2 amide bonds. The van der Waals surface area contributed by atoms with Crippen molar-refractivity contribution in [3.63, 3.8) is 0 Å². The van der Waals surface area contributed by atoms with Gasteiger partial charge in [-0.1, -0.05) is 6.07 Å². The third kappa shape index (κ3) is 5.10. The standard InChI is InChI=1S/C21H15F6N5O/c22-20(23,24)11-29-19(33)31-18-9-28-17-6-1-12(7-16(17)18)13-8-30-32(10-13)15-4-2-14(3-5-15)21(25,26)27/h1-10,28H,11H2,(H2,29,31,33). The van der Waals surface area contributed by atoms with E-state index in [1.54, 1.807) is 29.7 Å². The Kier molecular flexibility index (Phi) is 5.52. The van der Waals surface area contributed by atoms with Crippen LogP contribution in [0, 0.1) is 0 Å². The molecule has 33 heavy (non-hydrogen) atoms. The number of urea groups is 1. The molecule has 0 radical (unpaired) electrons. The second-order valence-corrected chi connectivity index (χ2v) is 7.10. The van der Waals surface area contributed by atoms with Crippen molar-refractivity contribution in [2.75, 3.05) is 11.9 Å². The lowest BCUT2D eigenvalue weighted by molar-refractivity contribution is -0.137. The first-order valence-electron chi connectivity index (χ1n) is 9.45. The predicted molar refractivity (Wildman–Crippen MR) is 109 cm³/mol. The van der Waals surface area contributed by atoms with E-state index in [9.17, 15) is 31.1 Å². The van der Waals surface area contributed by atoms with Gasteiger partial charge in [0.25, 0.3) is 0 Å². The molecule has 6 nitrogen and oxygen atoms in total. The molecule has 0 aliphatic heterocycles. The molecule has 0 spiro atoms. The van der Waals surface area contributed by atoms with Gasteiger partial charge in [-0.2, -0.15) is 31.4 Å². The van der Waals surface area contributed by atoms with Crippen molar-refractivity contribution in [2.24, 2.45) is 0 Å². The summed E-state index contributed by atoms with van der Waals surface area (Å²) in [6.07, 6.45) is -4.37. The average molecular weight is 467 g/mol. The molecule has 0 fully saturated rings. The summed E-state index contributed by atoms with van der Waals surface area (Å²) in [7, 11) is 0. The monoisotopic (exact) mass is 467 g/mol. The van der Waals surface area contributed by atoms with Crippen LogP contribution in [0.15, 0.2) is 61.1 Å². The molecule has 4 rings (SSSR count). The quantitative estimate of drug-likeness (QED) is 0.336. The summed E-state index contributed by atoms with van der Waals surface area (Å²) in [6, 6.07) is 8.72. The summed E-state index contributed by atoms with van der Waals surface area (Å²) in [6.45, 7) is -1.46. The molecular formula is C21H15F6N5O. The molecule has 4 aromatic rings. The van der Waals surface area contributed by atoms with Crippen molar-refractivity contribution in [1.29, 1.82) is 0 Å². The van der Waals surface area contributed by atoms with Gasteiger partial charge in [0.1, 0.15) is 6.54 Å². The van der Waals surface area contributed by atoms with Gasteiger partial charge in [-0.3, -0.25) is 0 Å². The molecule has 172 valence electrons. The highest BCUT2D eigenvalue weighted by Gasteiger charge is 2.30. The summed E-state index contributed by atoms with van der Waals surface area (Å²) in [4.78, 5) is 14.7. The number of benzene rings is 2. The number of aromatic nitrogens is 3. The number of halogens is 6. The Morgan fingerprint density at radius 3 is 2.39 bits per heavy atom. The second kappa shape index (κ2) is 8.19. The van der Waals surface area contributed by atoms with Gasteiger partial charge >= 0.3 is 18.4 Å². The number of H-pyrrole nitrogens is 1. The van der Waals surface area contributed by atoms with Gasteiger partial charge in [0.2, 0.25) is 0 Å². The van der Waals surface area contributed by atoms with Crippen LogP contribution in [0.2, 0.25) is 0 Å². The Bertz CT molecular complexity index is 1290. The van der Waals surface area contributed by atoms with Crippen molar-refractivity contribution in [1.82, 2.24) is 20.1 Å². The van der Waals surface area contributed by atoms with E-state index in [0.717, 1.165) is 12.1 Å². The van der Waals surface area contributed by atoms with Crippen LogP contribution < -0.4 is 10.6 Å². The summed E-state index contributed by atoms with van der Waals surface area (Å²) >= 11 is 0. The molecule has 0 atom stereocenters. The SMILES string of the molecule is O=C(NCC(F)(F)F)Nc1c[nH]c2ccc(-c3cnn(-c4ccc(C(F)(F)F)cc4)c3)cc12. The van der Waals surface area contributed by atoms with Gasteiger partial charge in [0, 0.05) is 28.9 Å². The van der Waals surface area contributed by atoms with Crippen molar-refractivity contribution in [3.05, 3.63) is 66.6 Å². The average Bonchev–Trinajstić information content (AvgIpc) is 3.39. The van der Waals surface area contributed by atoms with E-state index < -0.39 is 30.5 Å². The Labute approximate surface area is 182 Å². The van der Waals surface area contributed by atoms with E-state index in [1.807, 2.05) is 0 Å². The number of hydrogen-bond acceptors (Lipinski definition) is 2. The smallest absolute Gasteiger partial charge is 0.359 e. The number of carbonyl (C=O) groups excluding carboxylic acids is 1. The third-order valence-corrected chi connectivity index (χ3v) is 4.75. The predicted octanol–water partition coefficient (Wildman–Crippen LogP) is 5.72. The van der Waals surface area contributed by atoms with Crippen LogP contribution in [0.4, 0.5) is 36.8 Å². The molecule has 12 heteroatoms. The van der Waals surface area contributed by atoms with Gasteiger partial charge in [-0.05, 0) is 42.0 Å². The van der Waals surface area contributed by atoms with Crippen molar-refractivity contribution in [3.8, 4) is 16.8 Å². The van der Waals surface area contributed by atoms with Crippen LogP contribution in [0.5, 0.6) is 0 Å². The lowest BCUT2D eigenvalue weighted by atomic mass is 10.1. The summed E-state index contributed by atoms with van der Waals surface area (Å²) in [5, 5.41) is 8.84. The zero-order valence-electron chi connectivity index (χ0n) is 16.6. The summed E-state index contributed by atoms with van der Waals surface area (Å²) in [5.74, 6) is 0. The van der Waals surface area contributed by atoms with Crippen molar-refractivity contribution in [2.45, 2.75) is 12.4 Å². The van der Waals surface area contributed by atoms with Crippen molar-refractivity contribution >= 4 is 22.6 Å². The topological polar surface area (TPSA) is 74.7 Å². The van der Waals surface area contributed by atoms with Gasteiger partial charge in [0.15, 0.2) is 0 Å². The van der Waals surface area contributed by atoms with Crippen LogP contribution in [0.25, 0.3) is 27.7 Å². The fraction of sp³-hybridized carbons (Fsp3) is 0.143. The molecule has 0 bridgehead atoms. The van der Waals surface area contributed by atoms with Gasteiger partial charge in [-0.25, -0.2) is 9.48 Å². The van der Waals surface area contributed by atoms with Crippen LogP contribution in [0.3, 0.4) is 0 Å². The first-order chi connectivity index (χ1) is 15.5. The molecule has 0 aliphatic carbocycles. The van der Waals surface area contributed by atoms with E-state index >= 15 is 0 Å². The minimum Gasteiger partial charge on any atom is -0.359 e. The fourth-order valence-corrected chi connectivity index (χ4v) is 3.17. The third-order valence-electron chi connectivity index (χ3n) is 4.75. The fourth-order valence-electron chi connectivity index (χ4n) is 3.17. The summed E-state index contributed by atoms with van der Waals surface area (Å²) in [5.41, 5.74) is 1.91. The molecule has 2 aromatic heterocycles. The van der Waals surface area contributed by atoms with E-state index in [1.165, 1.54) is 29.2 Å². The van der Waals surface area contributed by atoms with Gasteiger partial charge in [-0.15, -0.1) is 0 Å². The minimum absolute atomic E-state index is 0.279. The number of aromatic amines is 1. The normalized spacial score (nSPS) is 12.2. The lowest BCUT2D eigenvalue weighted by Gasteiger charge is -2.09. The van der Waals surface area contributed by atoms with E-state index in [-0.39, 0.29) is 5.69 Å².